The molecule has 0 unspecified atom stereocenters. The Morgan fingerprint density at radius 2 is 0.675 bits per heavy atom. The summed E-state index contributed by atoms with van der Waals surface area (Å²) in [6, 6.07) is 24.6. The van der Waals surface area contributed by atoms with Gasteiger partial charge in [0.1, 0.15) is 11.5 Å². The lowest BCUT2D eigenvalue weighted by molar-refractivity contribution is 0.301. The van der Waals surface area contributed by atoms with E-state index in [0.29, 0.717) is 0 Å². The van der Waals surface area contributed by atoms with Crippen LogP contribution in [-0.4, -0.2) is 23.2 Å². The molecule has 0 aliphatic heterocycles. The molecule has 2 heterocycles. The number of unbranched alkanes of at least 4 members (excludes halogenated alkanes) is 7. The topological polar surface area (TPSA) is 44.2 Å². The van der Waals surface area contributed by atoms with Crippen LogP contribution >= 0.6 is 0 Å². The third-order valence-corrected chi connectivity index (χ3v) is 6.69. The third-order valence-electron chi connectivity index (χ3n) is 6.69. The molecule has 4 heteroatoms. The second-order valence-electron chi connectivity index (χ2n) is 9.89. The highest BCUT2D eigenvalue weighted by atomic mass is 16.5. The molecule has 0 saturated heterocycles. The number of hydrogen-bond acceptors (Lipinski definition) is 4. The number of pyridine rings is 2. The summed E-state index contributed by atoms with van der Waals surface area (Å²) in [5.74, 6) is 1.88. The van der Waals surface area contributed by atoms with Crippen LogP contribution in [0.4, 0.5) is 0 Å². The first-order valence-corrected chi connectivity index (χ1v) is 14.5. The molecule has 4 nitrogen and oxygen atoms in total. The van der Waals surface area contributed by atoms with Crippen molar-refractivity contribution in [2.45, 2.75) is 51.4 Å². The van der Waals surface area contributed by atoms with E-state index in [4.69, 9.17) is 9.47 Å². The van der Waals surface area contributed by atoms with Crippen LogP contribution in [0.3, 0.4) is 0 Å². The molecule has 0 N–H and O–H groups in total. The lowest BCUT2D eigenvalue weighted by Gasteiger charge is -2.07. The Labute approximate surface area is 239 Å². The molecule has 4 rings (SSSR count). The van der Waals surface area contributed by atoms with Crippen molar-refractivity contribution in [3.05, 3.63) is 120 Å². The molecule has 0 saturated carbocycles. The summed E-state index contributed by atoms with van der Waals surface area (Å²) in [5, 5.41) is 0. The fraction of sp³-hybridized carbons (Fsp3) is 0.278. The van der Waals surface area contributed by atoms with Gasteiger partial charge in [0, 0.05) is 24.8 Å². The predicted octanol–water partition coefficient (Wildman–Crippen LogP) is 9.40. The van der Waals surface area contributed by atoms with Crippen LogP contribution in [0, 0.1) is 0 Å². The summed E-state index contributed by atoms with van der Waals surface area (Å²) in [7, 11) is 0. The van der Waals surface area contributed by atoms with Crippen molar-refractivity contribution in [3.63, 3.8) is 0 Å². The first-order valence-electron chi connectivity index (χ1n) is 14.5. The van der Waals surface area contributed by atoms with E-state index in [-0.39, 0.29) is 0 Å². The average Bonchev–Trinajstić information content (AvgIpc) is 3.02. The largest absolute Gasteiger partial charge is 0.494 e. The van der Waals surface area contributed by atoms with E-state index in [1.165, 1.54) is 38.5 Å². The van der Waals surface area contributed by atoms with Crippen LogP contribution in [0.15, 0.2) is 97.6 Å². The average molecular weight is 533 g/mol. The maximum Gasteiger partial charge on any atom is 0.119 e. The van der Waals surface area contributed by atoms with Crippen LogP contribution in [0.2, 0.25) is 0 Å². The van der Waals surface area contributed by atoms with Gasteiger partial charge < -0.3 is 9.47 Å². The minimum atomic E-state index is 0.783. The number of benzene rings is 2. The molecule has 0 amide bonds. The maximum absolute atomic E-state index is 5.92. The van der Waals surface area contributed by atoms with Gasteiger partial charge in [0.2, 0.25) is 0 Å². The van der Waals surface area contributed by atoms with Gasteiger partial charge in [-0.25, -0.2) is 0 Å². The van der Waals surface area contributed by atoms with E-state index in [2.05, 4.69) is 58.5 Å². The number of ether oxygens (including phenoxy) is 2. The van der Waals surface area contributed by atoms with Gasteiger partial charge in [-0.05, 0) is 83.6 Å². The number of aromatic nitrogens is 2. The zero-order chi connectivity index (χ0) is 27.5. The Kier molecular flexibility index (Phi) is 12.5. The van der Waals surface area contributed by atoms with Crippen LogP contribution in [0.5, 0.6) is 11.5 Å². The highest BCUT2D eigenvalue weighted by molar-refractivity contribution is 5.70. The molecule has 2 aromatic heterocycles. The van der Waals surface area contributed by atoms with Gasteiger partial charge in [0.25, 0.3) is 0 Å². The monoisotopic (exact) mass is 532 g/mol. The molecule has 2 aromatic carbocycles. The highest BCUT2D eigenvalue weighted by Crippen LogP contribution is 2.17. The smallest absolute Gasteiger partial charge is 0.119 e. The molecule has 0 aliphatic rings. The second-order valence-corrected chi connectivity index (χ2v) is 9.89. The Morgan fingerprint density at radius 1 is 0.375 bits per heavy atom. The van der Waals surface area contributed by atoms with Crippen molar-refractivity contribution in [1.82, 2.24) is 9.97 Å². The molecule has 0 radical (unpaired) electrons. The van der Waals surface area contributed by atoms with Gasteiger partial charge in [-0.1, -0.05) is 87.1 Å². The lowest BCUT2D eigenvalue weighted by Crippen LogP contribution is -1.98. The predicted molar refractivity (Wildman–Crippen MR) is 167 cm³/mol. The number of nitrogens with zero attached hydrogens (tertiary/aromatic N) is 2. The molecule has 0 spiro atoms. The highest BCUT2D eigenvalue weighted by Gasteiger charge is 1.98. The summed E-state index contributed by atoms with van der Waals surface area (Å²) in [5.41, 5.74) is 4.62. The van der Waals surface area contributed by atoms with E-state index >= 15 is 0 Å². The minimum absolute atomic E-state index is 0.783. The van der Waals surface area contributed by atoms with Gasteiger partial charge in [-0.2, -0.15) is 0 Å². The van der Waals surface area contributed by atoms with Crippen molar-refractivity contribution in [3.8, 4) is 11.5 Å². The van der Waals surface area contributed by atoms with Crippen molar-refractivity contribution < 1.29 is 9.47 Å². The second kappa shape index (κ2) is 17.4. The van der Waals surface area contributed by atoms with Crippen LogP contribution in [0.1, 0.15) is 73.6 Å². The van der Waals surface area contributed by atoms with Crippen molar-refractivity contribution in [1.29, 1.82) is 0 Å². The van der Waals surface area contributed by atoms with E-state index in [9.17, 15) is 0 Å². The van der Waals surface area contributed by atoms with E-state index < -0.39 is 0 Å². The fourth-order valence-corrected chi connectivity index (χ4v) is 4.33. The van der Waals surface area contributed by atoms with Crippen molar-refractivity contribution in [2.24, 2.45) is 0 Å². The number of hydrogen-bond donors (Lipinski definition) is 0. The van der Waals surface area contributed by atoms with Gasteiger partial charge in [0.15, 0.2) is 0 Å². The molecular formula is C36H40N2O2. The zero-order valence-electron chi connectivity index (χ0n) is 23.3. The van der Waals surface area contributed by atoms with E-state index in [1.807, 2.05) is 48.5 Å². The first kappa shape index (κ1) is 28.8. The van der Waals surface area contributed by atoms with Crippen molar-refractivity contribution >= 4 is 24.3 Å². The Bertz CT molecular complexity index is 1170. The SMILES string of the molecule is C(=C\c1ccc(OCCCCCCCCCCOc2ccc(/C=C/c3ccncc3)cc2)cc1)/c1ccncc1. The quantitative estimate of drug-likeness (QED) is 0.127. The molecule has 206 valence electrons. The van der Waals surface area contributed by atoms with Crippen LogP contribution in [0.25, 0.3) is 24.3 Å². The number of rotatable bonds is 17. The van der Waals surface area contributed by atoms with E-state index in [1.54, 1.807) is 24.8 Å². The standard InChI is InChI=1S/C36H40N2O2/c1(3-5-7-29-39-35-17-13-31(14-18-35)9-11-33-21-25-37-26-22-33)2-4-6-8-30-40-36-19-15-32(16-20-36)10-12-34-23-27-38-28-24-34/h9-28H,1-8,29-30H2/b11-9+,12-10+. The summed E-state index contributed by atoms with van der Waals surface area (Å²) >= 11 is 0. The van der Waals surface area contributed by atoms with Crippen LogP contribution < -0.4 is 9.47 Å². The Balaban J connectivity index is 0.963. The molecule has 0 atom stereocenters. The van der Waals surface area contributed by atoms with Crippen LogP contribution in [-0.2, 0) is 0 Å². The molecule has 0 fully saturated rings. The molecule has 0 bridgehead atoms. The summed E-state index contributed by atoms with van der Waals surface area (Å²) < 4.78 is 11.8. The Hall–Kier alpha value is -4.18. The Morgan fingerprint density at radius 3 is 1.02 bits per heavy atom. The minimum Gasteiger partial charge on any atom is -0.494 e. The van der Waals surface area contributed by atoms with Crippen molar-refractivity contribution in [2.75, 3.05) is 13.2 Å². The normalized spacial score (nSPS) is 11.3. The van der Waals surface area contributed by atoms with Gasteiger partial charge in [-0.15, -0.1) is 0 Å². The molecular weight excluding hydrogens is 492 g/mol. The summed E-state index contributed by atoms with van der Waals surface area (Å²) in [6.07, 6.45) is 25.4. The molecule has 40 heavy (non-hydrogen) atoms. The first-order chi connectivity index (χ1) is 19.8. The molecule has 4 aromatic rings. The fourth-order valence-electron chi connectivity index (χ4n) is 4.33. The zero-order valence-corrected chi connectivity index (χ0v) is 23.3. The van der Waals surface area contributed by atoms with Gasteiger partial charge in [0.05, 0.1) is 13.2 Å². The summed E-state index contributed by atoms with van der Waals surface area (Å²) in [4.78, 5) is 8.09. The van der Waals surface area contributed by atoms with Gasteiger partial charge >= 0.3 is 0 Å². The molecule has 0 aliphatic carbocycles. The van der Waals surface area contributed by atoms with Gasteiger partial charge in [-0.3, -0.25) is 9.97 Å². The lowest BCUT2D eigenvalue weighted by atomic mass is 10.1. The maximum atomic E-state index is 5.92. The third kappa shape index (κ3) is 11.3. The summed E-state index contributed by atoms with van der Waals surface area (Å²) in [6.45, 7) is 1.57. The van der Waals surface area contributed by atoms with E-state index in [0.717, 1.165) is 59.8 Å².